The summed E-state index contributed by atoms with van der Waals surface area (Å²) in [5, 5.41) is 2.95. The van der Waals surface area contributed by atoms with Crippen LogP contribution in [0.2, 0.25) is 0 Å². The molecule has 1 aromatic heterocycles. The zero-order valence-electron chi connectivity index (χ0n) is 13.2. The van der Waals surface area contributed by atoms with Gasteiger partial charge in [-0.05, 0) is 31.9 Å². The summed E-state index contributed by atoms with van der Waals surface area (Å²) in [6, 6.07) is 4.53. The molecule has 3 rings (SSSR count). The Morgan fingerprint density at radius 2 is 2.00 bits per heavy atom. The monoisotopic (exact) mass is 323 g/mol. The van der Waals surface area contributed by atoms with Gasteiger partial charge in [0.15, 0.2) is 0 Å². The van der Waals surface area contributed by atoms with Crippen molar-refractivity contribution in [2.75, 3.05) is 37.7 Å². The second-order valence-electron chi connectivity index (χ2n) is 6.04. The van der Waals surface area contributed by atoms with E-state index in [1.54, 1.807) is 0 Å². The van der Waals surface area contributed by atoms with E-state index in [0.717, 1.165) is 37.5 Å². The van der Waals surface area contributed by atoms with Gasteiger partial charge >= 0.3 is 6.03 Å². The van der Waals surface area contributed by atoms with Crippen LogP contribution in [0.1, 0.15) is 24.4 Å². The predicted molar refractivity (Wildman–Crippen MR) is 89.2 cm³/mol. The number of nitrogens with zero attached hydrogens (tertiary/aromatic N) is 2. The molecular formula is C16H25N3O2S. The smallest absolute Gasteiger partial charge is 0.317 e. The highest BCUT2D eigenvalue weighted by atomic mass is 32.2. The molecule has 0 aliphatic carbocycles. The maximum Gasteiger partial charge on any atom is 0.317 e. The third-order valence-corrected chi connectivity index (χ3v) is 5.47. The highest BCUT2D eigenvalue weighted by molar-refractivity contribution is 7.99. The Labute approximate surface area is 136 Å². The van der Waals surface area contributed by atoms with E-state index in [4.69, 9.17) is 4.42 Å². The lowest BCUT2D eigenvalue weighted by molar-refractivity contribution is 0.124. The lowest BCUT2D eigenvalue weighted by Crippen LogP contribution is -2.51. The van der Waals surface area contributed by atoms with E-state index in [-0.39, 0.29) is 6.03 Å². The molecule has 2 amide bonds. The van der Waals surface area contributed by atoms with Gasteiger partial charge in [-0.2, -0.15) is 11.8 Å². The Morgan fingerprint density at radius 1 is 1.27 bits per heavy atom. The van der Waals surface area contributed by atoms with Crippen molar-refractivity contribution in [2.24, 2.45) is 0 Å². The summed E-state index contributed by atoms with van der Waals surface area (Å²) in [7, 11) is 0. The largest absolute Gasteiger partial charge is 0.465 e. The van der Waals surface area contributed by atoms with Gasteiger partial charge in [0.05, 0.1) is 6.54 Å². The zero-order valence-corrected chi connectivity index (χ0v) is 14.0. The summed E-state index contributed by atoms with van der Waals surface area (Å²) < 4.78 is 5.48. The minimum atomic E-state index is 0.0294. The van der Waals surface area contributed by atoms with Crippen LogP contribution in [0.3, 0.4) is 0 Å². The molecule has 2 saturated heterocycles. The van der Waals surface area contributed by atoms with Crippen molar-refractivity contribution in [3.8, 4) is 0 Å². The van der Waals surface area contributed by atoms with Crippen LogP contribution in [0.4, 0.5) is 4.79 Å². The van der Waals surface area contributed by atoms with Crippen LogP contribution in [-0.4, -0.2) is 59.6 Å². The molecule has 5 nitrogen and oxygen atoms in total. The Balaban J connectivity index is 1.41. The molecule has 1 N–H and O–H groups in total. The molecule has 6 heteroatoms. The molecule has 2 aliphatic rings. The molecule has 0 unspecified atom stereocenters. The number of amides is 2. The van der Waals surface area contributed by atoms with Crippen molar-refractivity contribution in [3.63, 3.8) is 0 Å². The van der Waals surface area contributed by atoms with E-state index >= 15 is 0 Å². The zero-order chi connectivity index (χ0) is 15.4. The van der Waals surface area contributed by atoms with E-state index in [0.29, 0.717) is 12.6 Å². The number of urea groups is 1. The molecule has 1 aromatic rings. The van der Waals surface area contributed by atoms with Crippen molar-refractivity contribution < 1.29 is 9.21 Å². The van der Waals surface area contributed by atoms with Gasteiger partial charge in [-0.15, -0.1) is 0 Å². The topological polar surface area (TPSA) is 48.7 Å². The van der Waals surface area contributed by atoms with Gasteiger partial charge in [0.2, 0.25) is 0 Å². The average Bonchev–Trinajstić information content (AvgIpc) is 2.99. The first-order valence-electron chi connectivity index (χ1n) is 8.12. The Bertz CT molecular complexity index is 491. The molecule has 22 heavy (non-hydrogen) atoms. The Morgan fingerprint density at radius 3 is 2.64 bits per heavy atom. The van der Waals surface area contributed by atoms with E-state index in [1.165, 1.54) is 24.6 Å². The molecule has 0 radical (unpaired) electrons. The van der Waals surface area contributed by atoms with E-state index in [1.807, 2.05) is 35.7 Å². The molecule has 0 aromatic carbocycles. The normalized spacial score (nSPS) is 21.0. The van der Waals surface area contributed by atoms with Gasteiger partial charge < -0.3 is 14.6 Å². The molecule has 2 fully saturated rings. The quantitative estimate of drug-likeness (QED) is 0.927. The van der Waals surface area contributed by atoms with Crippen molar-refractivity contribution in [3.05, 3.63) is 23.7 Å². The molecule has 0 bridgehead atoms. The number of aryl methyl sites for hydroxylation is 1. The summed E-state index contributed by atoms with van der Waals surface area (Å²) >= 11 is 2.05. The maximum absolute atomic E-state index is 12.2. The second kappa shape index (κ2) is 7.42. The third kappa shape index (κ3) is 3.98. The molecule has 0 spiro atoms. The fourth-order valence-electron chi connectivity index (χ4n) is 3.23. The highest BCUT2D eigenvalue weighted by Crippen LogP contribution is 2.20. The summed E-state index contributed by atoms with van der Waals surface area (Å²) in [5.74, 6) is 4.20. The number of rotatable bonds is 3. The number of carbonyl (C=O) groups is 1. The minimum absolute atomic E-state index is 0.0294. The van der Waals surface area contributed by atoms with Crippen LogP contribution in [0.5, 0.6) is 0 Å². The van der Waals surface area contributed by atoms with Gasteiger partial charge in [-0.3, -0.25) is 4.90 Å². The lowest BCUT2D eigenvalue weighted by Gasteiger charge is -2.39. The van der Waals surface area contributed by atoms with Crippen molar-refractivity contribution in [1.82, 2.24) is 15.1 Å². The molecular weight excluding hydrogens is 298 g/mol. The van der Waals surface area contributed by atoms with Crippen LogP contribution in [0, 0.1) is 6.92 Å². The van der Waals surface area contributed by atoms with Gasteiger partial charge in [0.1, 0.15) is 11.5 Å². The summed E-state index contributed by atoms with van der Waals surface area (Å²) in [4.78, 5) is 16.8. The van der Waals surface area contributed by atoms with E-state index in [9.17, 15) is 4.79 Å². The third-order valence-electron chi connectivity index (χ3n) is 4.52. The Hall–Kier alpha value is -1.14. The number of hydrogen-bond donors (Lipinski definition) is 1. The second-order valence-corrected chi connectivity index (χ2v) is 7.26. The van der Waals surface area contributed by atoms with E-state index in [2.05, 4.69) is 10.2 Å². The highest BCUT2D eigenvalue weighted by Gasteiger charge is 2.27. The first-order valence-corrected chi connectivity index (χ1v) is 9.28. The van der Waals surface area contributed by atoms with Crippen molar-refractivity contribution in [1.29, 1.82) is 0 Å². The summed E-state index contributed by atoms with van der Waals surface area (Å²) in [5.41, 5.74) is 0. The Kier molecular flexibility index (Phi) is 5.31. The van der Waals surface area contributed by atoms with Crippen molar-refractivity contribution >= 4 is 17.8 Å². The first kappa shape index (κ1) is 15.7. The van der Waals surface area contributed by atoms with Crippen LogP contribution in [0.15, 0.2) is 16.5 Å². The van der Waals surface area contributed by atoms with Gasteiger partial charge in [0.25, 0.3) is 0 Å². The fraction of sp³-hybridized carbons (Fsp3) is 0.688. The van der Waals surface area contributed by atoms with Gasteiger partial charge in [-0.1, -0.05) is 0 Å². The lowest BCUT2D eigenvalue weighted by atomic mass is 10.0. The molecule has 122 valence electrons. The number of thioether (sulfide) groups is 1. The van der Waals surface area contributed by atoms with Crippen LogP contribution >= 0.6 is 11.8 Å². The summed E-state index contributed by atoms with van der Waals surface area (Å²) in [6.07, 6.45) is 2.19. The predicted octanol–water partition coefficient (Wildman–Crippen LogP) is 2.31. The van der Waals surface area contributed by atoms with Gasteiger partial charge in [0, 0.05) is 43.7 Å². The van der Waals surface area contributed by atoms with Crippen LogP contribution in [0.25, 0.3) is 0 Å². The number of nitrogens with one attached hydrogen (secondary N) is 1. The SMILES string of the molecule is Cc1ccc(CNC(=O)N2CCC(N3CCSCC3)CC2)o1. The number of piperidine rings is 1. The van der Waals surface area contributed by atoms with E-state index < -0.39 is 0 Å². The van der Waals surface area contributed by atoms with Gasteiger partial charge in [-0.25, -0.2) is 4.79 Å². The minimum Gasteiger partial charge on any atom is -0.465 e. The molecule has 0 saturated carbocycles. The number of carbonyl (C=O) groups excluding carboxylic acids is 1. The first-order chi connectivity index (χ1) is 10.7. The number of furan rings is 1. The standard InChI is InChI=1S/C16H25N3O2S/c1-13-2-3-15(21-13)12-17-16(20)19-6-4-14(5-7-19)18-8-10-22-11-9-18/h2-3,14H,4-12H2,1H3,(H,17,20). The van der Waals surface area contributed by atoms with Crippen LogP contribution in [-0.2, 0) is 6.54 Å². The average molecular weight is 323 g/mol. The maximum atomic E-state index is 12.2. The number of likely N-dealkylation sites (tertiary alicyclic amines) is 1. The number of hydrogen-bond acceptors (Lipinski definition) is 4. The summed E-state index contributed by atoms with van der Waals surface area (Å²) in [6.45, 7) is 6.51. The van der Waals surface area contributed by atoms with Crippen molar-refractivity contribution in [2.45, 2.75) is 32.4 Å². The van der Waals surface area contributed by atoms with Crippen LogP contribution < -0.4 is 5.32 Å². The molecule has 3 heterocycles. The molecule has 2 aliphatic heterocycles. The molecule has 0 atom stereocenters. The fourth-order valence-corrected chi connectivity index (χ4v) is 4.16.